The number of para-hydroxylation sites is 3. The quantitative estimate of drug-likeness (QED) is 0.350. The minimum Gasteiger partial charge on any atom is -0.328 e. The van der Waals surface area contributed by atoms with Gasteiger partial charge in [0, 0.05) is 18.0 Å². The summed E-state index contributed by atoms with van der Waals surface area (Å²) in [7, 11) is 1.92. The molecular weight excluding hydrogens is 396 g/mol. The summed E-state index contributed by atoms with van der Waals surface area (Å²) in [6, 6.07) is 23.0. The highest BCUT2D eigenvalue weighted by Crippen LogP contribution is 2.32. The van der Waals surface area contributed by atoms with Gasteiger partial charge in [0.25, 0.3) is 0 Å². The number of nitrogens with zero attached hydrogens (tertiary/aromatic N) is 4. The van der Waals surface area contributed by atoms with Crippen LogP contribution in [0, 0.1) is 0 Å². The molecule has 0 radical (unpaired) electrons. The molecule has 0 atom stereocenters. The van der Waals surface area contributed by atoms with Gasteiger partial charge in [-0.1, -0.05) is 48.0 Å². The molecule has 30 heavy (non-hydrogen) atoms. The zero-order valence-corrected chi connectivity index (χ0v) is 16.8. The first-order chi connectivity index (χ1) is 14.6. The van der Waals surface area contributed by atoms with Gasteiger partial charge in [-0.05, 0) is 36.4 Å². The third-order valence-electron chi connectivity index (χ3n) is 5.60. The normalized spacial score (nSPS) is 11.8. The van der Waals surface area contributed by atoms with Gasteiger partial charge in [0.05, 0.1) is 21.6 Å². The van der Waals surface area contributed by atoms with Gasteiger partial charge in [-0.25, -0.2) is 9.97 Å². The number of hydrogen-bond acceptors (Lipinski definition) is 3. The minimum atomic E-state index is -0.0720. The Labute approximate surface area is 175 Å². The van der Waals surface area contributed by atoms with E-state index < -0.39 is 0 Å². The zero-order chi connectivity index (χ0) is 20.4. The lowest BCUT2D eigenvalue weighted by atomic mass is 10.1. The van der Waals surface area contributed by atoms with Crippen molar-refractivity contribution in [1.29, 1.82) is 0 Å². The molecule has 0 aliphatic heterocycles. The number of benzene rings is 3. The van der Waals surface area contributed by atoms with Crippen LogP contribution in [0.25, 0.3) is 50.0 Å². The second-order valence-electron chi connectivity index (χ2n) is 7.28. The first-order valence-electron chi connectivity index (χ1n) is 9.58. The van der Waals surface area contributed by atoms with Crippen LogP contribution >= 0.6 is 11.6 Å². The Morgan fingerprint density at radius 3 is 2.33 bits per heavy atom. The number of fused-ring (bicyclic) bond motifs is 6. The number of rotatable bonds is 1. The predicted octanol–water partition coefficient (Wildman–Crippen LogP) is 5.21. The van der Waals surface area contributed by atoms with Gasteiger partial charge < -0.3 is 4.57 Å². The minimum absolute atomic E-state index is 0.0720. The van der Waals surface area contributed by atoms with Gasteiger partial charge in [-0.3, -0.25) is 9.20 Å². The number of imidazole rings is 1. The third kappa shape index (κ3) is 2.21. The van der Waals surface area contributed by atoms with Crippen LogP contribution in [0.15, 0.2) is 77.6 Å². The van der Waals surface area contributed by atoms with Crippen LogP contribution in [0.5, 0.6) is 0 Å². The molecule has 6 aromatic rings. The van der Waals surface area contributed by atoms with Crippen molar-refractivity contribution in [3.05, 3.63) is 88.0 Å². The molecule has 6 heteroatoms. The monoisotopic (exact) mass is 410 g/mol. The Bertz CT molecular complexity index is 1700. The predicted molar refractivity (Wildman–Crippen MR) is 121 cm³/mol. The number of aryl methyl sites for hydroxylation is 1. The van der Waals surface area contributed by atoms with Crippen molar-refractivity contribution in [2.24, 2.45) is 7.05 Å². The summed E-state index contributed by atoms with van der Waals surface area (Å²) in [5, 5.41) is 1.74. The molecule has 144 valence electrons. The second-order valence-corrected chi connectivity index (χ2v) is 7.69. The summed E-state index contributed by atoms with van der Waals surface area (Å²) < 4.78 is 3.89. The van der Waals surface area contributed by atoms with Crippen molar-refractivity contribution in [3.8, 4) is 11.4 Å². The molecule has 0 saturated heterocycles. The molecule has 3 heterocycles. The maximum Gasteiger partial charge on any atom is 0.202 e. The molecule has 6 rings (SSSR count). The average Bonchev–Trinajstić information content (AvgIpc) is 3.16. The Balaban J connectivity index is 1.96. The third-order valence-corrected chi connectivity index (χ3v) is 5.93. The van der Waals surface area contributed by atoms with E-state index >= 15 is 0 Å². The molecule has 5 nitrogen and oxygen atoms in total. The van der Waals surface area contributed by atoms with Gasteiger partial charge >= 0.3 is 0 Å². The summed E-state index contributed by atoms with van der Waals surface area (Å²) in [4.78, 5) is 23.3. The van der Waals surface area contributed by atoms with Crippen molar-refractivity contribution < 1.29 is 0 Å². The van der Waals surface area contributed by atoms with Gasteiger partial charge in [0.15, 0.2) is 5.65 Å². The Morgan fingerprint density at radius 1 is 0.800 bits per heavy atom. The maximum atomic E-state index is 13.5. The fourth-order valence-electron chi connectivity index (χ4n) is 4.19. The van der Waals surface area contributed by atoms with Gasteiger partial charge in [-0.15, -0.1) is 0 Å². The zero-order valence-electron chi connectivity index (χ0n) is 16.0. The van der Waals surface area contributed by atoms with E-state index in [2.05, 4.69) is 0 Å². The Kier molecular flexibility index (Phi) is 3.52. The summed E-state index contributed by atoms with van der Waals surface area (Å²) in [5.41, 5.74) is 4.39. The van der Waals surface area contributed by atoms with Crippen molar-refractivity contribution >= 4 is 50.2 Å². The molecule has 0 saturated carbocycles. The molecule has 0 aliphatic rings. The summed E-state index contributed by atoms with van der Waals surface area (Å²) in [5.74, 6) is 0.655. The van der Waals surface area contributed by atoms with E-state index in [0.29, 0.717) is 32.9 Å². The lowest BCUT2D eigenvalue weighted by Crippen LogP contribution is -2.13. The largest absolute Gasteiger partial charge is 0.328 e. The molecule has 0 unspecified atom stereocenters. The average molecular weight is 411 g/mol. The van der Waals surface area contributed by atoms with E-state index in [0.717, 1.165) is 22.1 Å². The molecule has 0 bridgehead atoms. The van der Waals surface area contributed by atoms with E-state index in [1.54, 1.807) is 0 Å². The van der Waals surface area contributed by atoms with E-state index in [-0.39, 0.29) is 5.43 Å². The topological polar surface area (TPSA) is 52.2 Å². The van der Waals surface area contributed by atoms with E-state index in [1.807, 2.05) is 88.8 Å². The van der Waals surface area contributed by atoms with Crippen LogP contribution in [0.1, 0.15) is 0 Å². The highest BCUT2D eigenvalue weighted by Gasteiger charge is 2.21. The Hall–Kier alpha value is -3.70. The van der Waals surface area contributed by atoms with Crippen LogP contribution in [0.3, 0.4) is 0 Å². The molecular formula is C24H15ClN4O. The lowest BCUT2D eigenvalue weighted by Gasteiger charge is -2.14. The van der Waals surface area contributed by atoms with Crippen molar-refractivity contribution in [2.45, 2.75) is 0 Å². The molecule has 3 aromatic heterocycles. The number of hydrogen-bond donors (Lipinski definition) is 0. The number of halogens is 1. The fourth-order valence-corrected chi connectivity index (χ4v) is 4.41. The lowest BCUT2D eigenvalue weighted by molar-refractivity contribution is 0.967. The van der Waals surface area contributed by atoms with Crippen molar-refractivity contribution in [2.75, 3.05) is 0 Å². The van der Waals surface area contributed by atoms with Crippen molar-refractivity contribution in [3.63, 3.8) is 0 Å². The van der Waals surface area contributed by atoms with Crippen molar-refractivity contribution in [1.82, 2.24) is 18.9 Å². The van der Waals surface area contributed by atoms with Gasteiger partial charge in [0.1, 0.15) is 16.9 Å². The number of pyridine rings is 1. The van der Waals surface area contributed by atoms with Crippen LogP contribution in [0.4, 0.5) is 0 Å². The highest BCUT2D eigenvalue weighted by molar-refractivity contribution is 6.33. The second kappa shape index (κ2) is 6.15. The van der Waals surface area contributed by atoms with Crippen LogP contribution < -0.4 is 5.43 Å². The first kappa shape index (κ1) is 17.2. The first-order valence-corrected chi connectivity index (χ1v) is 9.96. The van der Waals surface area contributed by atoms with Gasteiger partial charge in [0.2, 0.25) is 5.43 Å². The number of aromatic nitrogens is 4. The smallest absolute Gasteiger partial charge is 0.202 e. The maximum absolute atomic E-state index is 13.5. The standard InChI is InChI=1S/C24H15ClN4O/c1-28-18-12-6-3-9-15(18)21(30)20-23(28)27-22(14-8-2-4-10-16(14)25)29-19-13-7-5-11-17(19)26-24(20)29/h2-13H,1H3. The van der Waals surface area contributed by atoms with Gasteiger partial charge in [-0.2, -0.15) is 0 Å². The molecule has 0 N–H and O–H groups in total. The molecule has 0 spiro atoms. The summed E-state index contributed by atoms with van der Waals surface area (Å²) >= 11 is 6.55. The van der Waals surface area contributed by atoms with Crippen LogP contribution in [-0.4, -0.2) is 18.9 Å². The van der Waals surface area contributed by atoms with E-state index in [1.165, 1.54) is 0 Å². The van der Waals surface area contributed by atoms with Crippen LogP contribution in [-0.2, 0) is 7.05 Å². The SMILES string of the molecule is Cn1c2ccccc2c(=O)c2c1nc(-c1ccccc1Cl)n1c3ccccc3nc21. The molecule has 0 fully saturated rings. The summed E-state index contributed by atoms with van der Waals surface area (Å²) in [6.07, 6.45) is 0. The fraction of sp³-hybridized carbons (Fsp3) is 0.0417. The molecule has 0 amide bonds. The molecule has 0 aliphatic carbocycles. The Morgan fingerprint density at radius 2 is 1.50 bits per heavy atom. The van der Waals surface area contributed by atoms with E-state index in [9.17, 15) is 4.79 Å². The summed E-state index contributed by atoms with van der Waals surface area (Å²) in [6.45, 7) is 0. The van der Waals surface area contributed by atoms with E-state index in [4.69, 9.17) is 21.6 Å². The van der Waals surface area contributed by atoms with Crippen LogP contribution in [0.2, 0.25) is 5.02 Å². The highest BCUT2D eigenvalue weighted by atomic mass is 35.5. The molecule has 3 aromatic carbocycles.